The van der Waals surface area contributed by atoms with Gasteiger partial charge in [-0.3, -0.25) is 24.6 Å². The molecular formula is C13H15N3O4. The molecule has 1 fully saturated rings. The summed E-state index contributed by atoms with van der Waals surface area (Å²) in [5.74, 6) is -0.762. The lowest BCUT2D eigenvalue weighted by Crippen LogP contribution is -2.31. The number of Topliss-reactive ketones (excluding diaryl/α,β-unsaturated/α-hetero) is 1. The molecule has 20 heavy (non-hydrogen) atoms. The van der Waals surface area contributed by atoms with Gasteiger partial charge in [0, 0.05) is 24.2 Å². The maximum atomic E-state index is 12.1. The number of primary amides is 1. The van der Waals surface area contributed by atoms with Gasteiger partial charge in [0.2, 0.25) is 5.91 Å². The molecule has 1 heterocycles. The molecule has 7 heteroatoms. The predicted octanol–water partition coefficient (Wildman–Crippen LogP) is 0.585. The van der Waals surface area contributed by atoms with E-state index in [0.717, 1.165) is 0 Å². The van der Waals surface area contributed by atoms with Crippen LogP contribution >= 0.6 is 0 Å². The fourth-order valence-electron chi connectivity index (χ4n) is 2.30. The standard InChI is InChI=1S/C13H15N3O4/c14-13(18)10-4-5-15(7-10)8-12(17)9-2-1-3-11(6-9)16(19)20/h1-3,6,10H,4-5,7-8H2,(H2,14,18). The number of carbonyl (C=O) groups is 2. The molecule has 106 valence electrons. The summed E-state index contributed by atoms with van der Waals surface area (Å²) >= 11 is 0. The molecule has 1 aromatic carbocycles. The van der Waals surface area contributed by atoms with E-state index in [1.165, 1.54) is 18.2 Å². The topological polar surface area (TPSA) is 107 Å². The van der Waals surface area contributed by atoms with Crippen LogP contribution in [0, 0.1) is 16.0 Å². The molecule has 0 bridgehead atoms. The zero-order valence-corrected chi connectivity index (χ0v) is 10.8. The first-order chi connectivity index (χ1) is 9.47. The maximum absolute atomic E-state index is 12.1. The molecule has 0 aliphatic carbocycles. The SMILES string of the molecule is NC(=O)C1CCN(CC(=O)c2cccc([N+](=O)[O-])c2)C1. The van der Waals surface area contributed by atoms with Gasteiger partial charge in [-0.05, 0) is 13.0 Å². The first kappa shape index (κ1) is 14.1. The average Bonchev–Trinajstić information content (AvgIpc) is 2.87. The van der Waals surface area contributed by atoms with Gasteiger partial charge in [0.1, 0.15) is 0 Å². The average molecular weight is 277 g/mol. The van der Waals surface area contributed by atoms with Gasteiger partial charge < -0.3 is 5.73 Å². The molecule has 1 unspecified atom stereocenters. The number of benzene rings is 1. The Morgan fingerprint density at radius 3 is 2.80 bits per heavy atom. The van der Waals surface area contributed by atoms with E-state index in [4.69, 9.17) is 5.73 Å². The summed E-state index contributed by atoms with van der Waals surface area (Å²) in [6.45, 7) is 1.25. The summed E-state index contributed by atoms with van der Waals surface area (Å²) in [4.78, 5) is 35.1. The smallest absolute Gasteiger partial charge is 0.270 e. The number of nitrogens with two attached hydrogens (primary N) is 1. The number of hydrogen-bond donors (Lipinski definition) is 1. The van der Waals surface area contributed by atoms with Crippen LogP contribution in [0.2, 0.25) is 0 Å². The van der Waals surface area contributed by atoms with Crippen LogP contribution in [0.3, 0.4) is 0 Å². The quantitative estimate of drug-likeness (QED) is 0.481. The van der Waals surface area contributed by atoms with Crippen LogP contribution in [-0.4, -0.2) is 41.1 Å². The molecule has 1 aliphatic rings. The Kier molecular flexibility index (Phi) is 4.09. The van der Waals surface area contributed by atoms with Crippen molar-refractivity contribution >= 4 is 17.4 Å². The lowest BCUT2D eigenvalue weighted by molar-refractivity contribution is -0.384. The highest BCUT2D eigenvalue weighted by atomic mass is 16.6. The molecule has 0 spiro atoms. The number of nitrogens with zero attached hydrogens (tertiary/aromatic N) is 2. The van der Waals surface area contributed by atoms with Crippen LogP contribution in [0.5, 0.6) is 0 Å². The minimum Gasteiger partial charge on any atom is -0.369 e. The summed E-state index contributed by atoms with van der Waals surface area (Å²) in [6.07, 6.45) is 0.650. The molecule has 1 aliphatic heterocycles. The molecule has 7 nitrogen and oxygen atoms in total. The van der Waals surface area contributed by atoms with Crippen molar-refractivity contribution in [1.82, 2.24) is 4.90 Å². The van der Waals surface area contributed by atoms with Crippen molar-refractivity contribution in [3.63, 3.8) is 0 Å². The Bertz CT molecular complexity index is 558. The van der Waals surface area contributed by atoms with Gasteiger partial charge in [-0.2, -0.15) is 0 Å². The molecule has 1 amide bonds. The fourth-order valence-corrected chi connectivity index (χ4v) is 2.30. The third-order valence-electron chi connectivity index (χ3n) is 3.42. The number of carbonyl (C=O) groups excluding carboxylic acids is 2. The molecule has 1 atom stereocenters. The highest BCUT2D eigenvalue weighted by Crippen LogP contribution is 2.18. The normalized spacial score (nSPS) is 18.9. The van der Waals surface area contributed by atoms with Gasteiger partial charge in [0.15, 0.2) is 5.78 Å². The molecule has 0 saturated carbocycles. The maximum Gasteiger partial charge on any atom is 0.270 e. The van der Waals surface area contributed by atoms with Gasteiger partial charge in [-0.1, -0.05) is 12.1 Å². The largest absolute Gasteiger partial charge is 0.369 e. The first-order valence-corrected chi connectivity index (χ1v) is 6.26. The number of amides is 1. The summed E-state index contributed by atoms with van der Waals surface area (Å²) in [5, 5.41) is 10.7. The molecule has 0 aromatic heterocycles. The summed E-state index contributed by atoms with van der Waals surface area (Å²) in [5.41, 5.74) is 5.43. The van der Waals surface area contributed by atoms with Crippen molar-refractivity contribution in [3.8, 4) is 0 Å². The zero-order valence-electron chi connectivity index (χ0n) is 10.8. The van der Waals surface area contributed by atoms with E-state index in [-0.39, 0.29) is 29.8 Å². The second kappa shape index (κ2) is 5.79. The van der Waals surface area contributed by atoms with Gasteiger partial charge in [0.05, 0.1) is 17.4 Å². The van der Waals surface area contributed by atoms with E-state index >= 15 is 0 Å². The van der Waals surface area contributed by atoms with Crippen molar-refractivity contribution in [1.29, 1.82) is 0 Å². The lowest BCUT2D eigenvalue weighted by Gasteiger charge is -2.14. The van der Waals surface area contributed by atoms with E-state index < -0.39 is 4.92 Å². The molecule has 0 radical (unpaired) electrons. The molecule has 1 aromatic rings. The second-order valence-electron chi connectivity index (χ2n) is 4.85. The Morgan fingerprint density at radius 2 is 2.20 bits per heavy atom. The number of likely N-dealkylation sites (tertiary alicyclic amines) is 1. The molecule has 2 rings (SSSR count). The van der Waals surface area contributed by atoms with E-state index in [9.17, 15) is 19.7 Å². The van der Waals surface area contributed by atoms with Crippen molar-refractivity contribution in [2.45, 2.75) is 6.42 Å². The van der Waals surface area contributed by atoms with Crippen LogP contribution in [-0.2, 0) is 4.79 Å². The fraction of sp³-hybridized carbons (Fsp3) is 0.385. The van der Waals surface area contributed by atoms with Crippen LogP contribution in [0.4, 0.5) is 5.69 Å². The van der Waals surface area contributed by atoms with Crippen LogP contribution in [0.25, 0.3) is 0 Å². The van der Waals surface area contributed by atoms with Crippen molar-refractivity contribution in [2.24, 2.45) is 11.7 Å². The monoisotopic (exact) mass is 277 g/mol. The van der Waals surface area contributed by atoms with E-state index in [1.54, 1.807) is 6.07 Å². The number of nitro benzene ring substituents is 1. The molecular weight excluding hydrogens is 262 g/mol. The summed E-state index contributed by atoms with van der Waals surface area (Å²) < 4.78 is 0. The minimum absolute atomic E-state index is 0.104. The number of rotatable bonds is 5. The van der Waals surface area contributed by atoms with Gasteiger partial charge in [-0.15, -0.1) is 0 Å². The number of nitro groups is 1. The van der Waals surface area contributed by atoms with Crippen molar-refractivity contribution in [3.05, 3.63) is 39.9 Å². The Morgan fingerprint density at radius 1 is 1.45 bits per heavy atom. The molecule has 2 N–H and O–H groups in total. The molecule has 1 saturated heterocycles. The van der Waals surface area contributed by atoms with E-state index in [1.807, 2.05) is 4.90 Å². The van der Waals surface area contributed by atoms with E-state index in [0.29, 0.717) is 25.1 Å². The summed E-state index contributed by atoms with van der Waals surface area (Å²) in [7, 11) is 0. The number of non-ortho nitro benzene ring substituents is 1. The van der Waals surface area contributed by atoms with Gasteiger partial charge in [0.25, 0.3) is 5.69 Å². The second-order valence-corrected chi connectivity index (χ2v) is 4.85. The zero-order chi connectivity index (χ0) is 14.7. The summed E-state index contributed by atoms with van der Waals surface area (Å²) in [6, 6.07) is 5.65. The Balaban J connectivity index is 2.00. The lowest BCUT2D eigenvalue weighted by atomic mass is 10.1. The van der Waals surface area contributed by atoms with Crippen molar-refractivity contribution < 1.29 is 14.5 Å². The third kappa shape index (κ3) is 3.18. The van der Waals surface area contributed by atoms with Crippen LogP contribution < -0.4 is 5.73 Å². The highest BCUT2D eigenvalue weighted by molar-refractivity contribution is 5.98. The first-order valence-electron chi connectivity index (χ1n) is 6.26. The highest BCUT2D eigenvalue weighted by Gasteiger charge is 2.28. The van der Waals surface area contributed by atoms with Crippen LogP contribution in [0.1, 0.15) is 16.8 Å². The third-order valence-corrected chi connectivity index (χ3v) is 3.42. The van der Waals surface area contributed by atoms with Crippen LogP contribution in [0.15, 0.2) is 24.3 Å². The van der Waals surface area contributed by atoms with Crippen molar-refractivity contribution in [2.75, 3.05) is 19.6 Å². The number of ketones is 1. The van der Waals surface area contributed by atoms with Gasteiger partial charge in [-0.25, -0.2) is 0 Å². The predicted molar refractivity (Wildman–Crippen MR) is 71.2 cm³/mol. The minimum atomic E-state index is -0.532. The van der Waals surface area contributed by atoms with E-state index in [2.05, 4.69) is 0 Å². The Labute approximate surface area is 115 Å². The Hall–Kier alpha value is -2.28. The van der Waals surface area contributed by atoms with Gasteiger partial charge >= 0.3 is 0 Å². The number of hydrogen-bond acceptors (Lipinski definition) is 5.